The lowest BCUT2D eigenvalue weighted by atomic mass is 9.85. The zero-order chi connectivity index (χ0) is 11.6. The van der Waals surface area contributed by atoms with Crippen LogP contribution in [0.4, 0.5) is 0 Å². The van der Waals surface area contributed by atoms with E-state index in [1.54, 1.807) is 0 Å². The lowest BCUT2D eigenvalue weighted by molar-refractivity contribution is -0.235. The van der Waals surface area contributed by atoms with E-state index in [1.807, 2.05) is 6.92 Å². The van der Waals surface area contributed by atoms with Crippen molar-refractivity contribution in [2.45, 2.75) is 50.0 Å². The Morgan fingerprint density at radius 3 is 1.60 bits per heavy atom. The molecule has 2 unspecified atom stereocenters. The van der Waals surface area contributed by atoms with E-state index in [0.29, 0.717) is 13.0 Å². The Morgan fingerprint density at radius 1 is 0.800 bits per heavy atom. The number of rotatable bonds is 3. The number of ether oxygens (including phenoxy) is 1. The van der Waals surface area contributed by atoms with E-state index in [2.05, 4.69) is 0 Å². The van der Waals surface area contributed by atoms with Crippen molar-refractivity contribution in [2.75, 3.05) is 6.61 Å². The van der Waals surface area contributed by atoms with E-state index < -0.39 is 36.6 Å². The van der Waals surface area contributed by atoms with Gasteiger partial charge in [-0.2, -0.15) is 0 Å². The molecule has 5 N–H and O–H groups in total. The first-order chi connectivity index (χ1) is 7.00. The van der Waals surface area contributed by atoms with Crippen LogP contribution in [0.2, 0.25) is 0 Å². The van der Waals surface area contributed by atoms with Crippen LogP contribution in [0, 0.1) is 0 Å². The summed E-state index contributed by atoms with van der Waals surface area (Å²) in [6.07, 6.45) is -7.76. The zero-order valence-corrected chi connectivity index (χ0v) is 8.52. The van der Waals surface area contributed by atoms with Crippen molar-refractivity contribution in [1.82, 2.24) is 0 Å². The van der Waals surface area contributed by atoms with E-state index in [1.165, 1.54) is 0 Å². The van der Waals surface area contributed by atoms with Gasteiger partial charge in [0.15, 0.2) is 0 Å². The maximum atomic E-state index is 9.52. The third kappa shape index (κ3) is 2.47. The van der Waals surface area contributed by atoms with Crippen molar-refractivity contribution in [3.63, 3.8) is 0 Å². The summed E-state index contributed by atoms with van der Waals surface area (Å²) in [6, 6.07) is 0. The van der Waals surface area contributed by atoms with Crippen LogP contribution in [-0.4, -0.2) is 68.8 Å². The molecule has 15 heavy (non-hydrogen) atoms. The molecule has 0 aromatic carbocycles. The Bertz CT molecular complexity index is 183. The normalized spacial score (nSPS) is 46.8. The molecular formula is C9H18O6. The van der Waals surface area contributed by atoms with Gasteiger partial charge in [-0.3, -0.25) is 0 Å². The highest BCUT2D eigenvalue weighted by Gasteiger charge is 2.48. The molecule has 0 bridgehead atoms. The van der Waals surface area contributed by atoms with E-state index in [-0.39, 0.29) is 0 Å². The highest BCUT2D eigenvalue weighted by molar-refractivity contribution is 4.99. The van der Waals surface area contributed by atoms with Crippen LogP contribution in [0.25, 0.3) is 0 Å². The van der Waals surface area contributed by atoms with Gasteiger partial charge in [0.05, 0.1) is 0 Å². The van der Waals surface area contributed by atoms with Gasteiger partial charge in [0.25, 0.3) is 0 Å². The highest BCUT2D eigenvalue weighted by atomic mass is 16.5. The largest absolute Gasteiger partial charge is 0.387 e. The summed E-state index contributed by atoms with van der Waals surface area (Å²) in [5, 5.41) is 47.0. The molecule has 0 heterocycles. The second-order valence-corrected chi connectivity index (χ2v) is 3.79. The third-order valence-electron chi connectivity index (χ3n) is 2.59. The topological polar surface area (TPSA) is 110 Å². The molecule has 6 nitrogen and oxygen atoms in total. The first kappa shape index (κ1) is 12.8. The van der Waals surface area contributed by atoms with Crippen molar-refractivity contribution >= 4 is 0 Å². The van der Waals surface area contributed by atoms with Gasteiger partial charge in [-0.05, 0) is 6.42 Å². The van der Waals surface area contributed by atoms with Crippen LogP contribution < -0.4 is 0 Å². The lowest BCUT2D eigenvalue weighted by Gasteiger charge is -2.41. The number of aliphatic hydroxyl groups excluding tert-OH is 5. The van der Waals surface area contributed by atoms with Crippen LogP contribution in [0.15, 0.2) is 0 Å². The molecule has 1 aliphatic rings. The average Bonchev–Trinajstić information content (AvgIpc) is 2.24. The van der Waals surface area contributed by atoms with Gasteiger partial charge in [0.1, 0.15) is 36.6 Å². The van der Waals surface area contributed by atoms with Gasteiger partial charge in [-0.1, -0.05) is 6.92 Å². The minimum Gasteiger partial charge on any atom is -0.387 e. The fourth-order valence-corrected chi connectivity index (χ4v) is 1.65. The van der Waals surface area contributed by atoms with E-state index >= 15 is 0 Å². The Balaban J connectivity index is 2.68. The molecule has 6 heteroatoms. The summed E-state index contributed by atoms with van der Waals surface area (Å²) >= 11 is 0. The van der Waals surface area contributed by atoms with Crippen molar-refractivity contribution in [1.29, 1.82) is 0 Å². The van der Waals surface area contributed by atoms with E-state index in [4.69, 9.17) is 4.74 Å². The smallest absolute Gasteiger partial charge is 0.114 e. The minimum atomic E-state index is -1.56. The van der Waals surface area contributed by atoms with Crippen LogP contribution in [0.3, 0.4) is 0 Å². The third-order valence-corrected chi connectivity index (χ3v) is 2.59. The average molecular weight is 222 g/mol. The molecule has 0 amide bonds. The van der Waals surface area contributed by atoms with Crippen LogP contribution in [-0.2, 0) is 4.74 Å². The maximum absolute atomic E-state index is 9.52. The Hall–Kier alpha value is -0.240. The fraction of sp³-hybridized carbons (Fsp3) is 1.00. The predicted molar refractivity (Wildman–Crippen MR) is 50.1 cm³/mol. The van der Waals surface area contributed by atoms with Crippen LogP contribution >= 0.6 is 0 Å². The fourth-order valence-electron chi connectivity index (χ4n) is 1.65. The molecule has 0 aromatic rings. The van der Waals surface area contributed by atoms with Gasteiger partial charge >= 0.3 is 0 Å². The molecule has 1 saturated carbocycles. The number of hydrogen-bond donors (Lipinski definition) is 5. The van der Waals surface area contributed by atoms with E-state index in [0.717, 1.165) is 0 Å². The van der Waals surface area contributed by atoms with Gasteiger partial charge in [0, 0.05) is 6.61 Å². The standard InChI is InChI=1S/C9H18O6/c1-2-3-15-9-7(13)5(11)4(10)6(12)8(9)14/h4-14H,2-3H2,1H3/t4?,5-,6+,7+,8-,9?. The molecule has 1 rings (SSSR count). The summed E-state index contributed by atoms with van der Waals surface area (Å²) in [4.78, 5) is 0. The second-order valence-electron chi connectivity index (χ2n) is 3.79. The molecule has 6 atom stereocenters. The molecule has 90 valence electrons. The molecule has 0 radical (unpaired) electrons. The van der Waals surface area contributed by atoms with Gasteiger partial charge < -0.3 is 30.3 Å². The van der Waals surface area contributed by atoms with Crippen molar-refractivity contribution < 1.29 is 30.3 Å². The Morgan fingerprint density at radius 2 is 1.20 bits per heavy atom. The van der Waals surface area contributed by atoms with Gasteiger partial charge in [0.2, 0.25) is 0 Å². The Labute approximate surface area is 87.7 Å². The summed E-state index contributed by atoms with van der Waals surface area (Å²) < 4.78 is 5.11. The van der Waals surface area contributed by atoms with Crippen molar-refractivity contribution in [3.8, 4) is 0 Å². The molecular weight excluding hydrogens is 204 g/mol. The maximum Gasteiger partial charge on any atom is 0.114 e. The summed E-state index contributed by atoms with van der Waals surface area (Å²) in [6.45, 7) is 2.15. The summed E-state index contributed by atoms with van der Waals surface area (Å²) in [7, 11) is 0. The lowest BCUT2D eigenvalue weighted by Crippen LogP contribution is -2.64. The highest BCUT2D eigenvalue weighted by Crippen LogP contribution is 2.23. The zero-order valence-electron chi connectivity index (χ0n) is 8.52. The first-order valence-corrected chi connectivity index (χ1v) is 5.02. The molecule has 0 saturated heterocycles. The summed E-state index contributed by atoms with van der Waals surface area (Å²) in [5.41, 5.74) is 0. The van der Waals surface area contributed by atoms with E-state index in [9.17, 15) is 25.5 Å². The molecule has 0 spiro atoms. The van der Waals surface area contributed by atoms with Crippen molar-refractivity contribution in [3.05, 3.63) is 0 Å². The molecule has 0 aliphatic heterocycles. The van der Waals surface area contributed by atoms with Crippen LogP contribution in [0.5, 0.6) is 0 Å². The number of aliphatic hydroxyl groups is 5. The quantitative estimate of drug-likeness (QED) is 0.364. The SMILES string of the molecule is CCCOC1[C@@H](O)[C@H](O)C(O)[C@H](O)[C@H]1O. The second kappa shape index (κ2) is 5.20. The monoisotopic (exact) mass is 222 g/mol. The Kier molecular flexibility index (Phi) is 4.45. The minimum absolute atomic E-state index is 0.300. The predicted octanol–water partition coefficient (Wildman–Crippen LogP) is -2.40. The summed E-state index contributed by atoms with van der Waals surface area (Å²) in [5.74, 6) is 0. The molecule has 1 fully saturated rings. The van der Waals surface area contributed by atoms with Crippen molar-refractivity contribution in [2.24, 2.45) is 0 Å². The molecule has 0 aromatic heterocycles. The van der Waals surface area contributed by atoms with Gasteiger partial charge in [-0.15, -0.1) is 0 Å². The van der Waals surface area contributed by atoms with Gasteiger partial charge in [-0.25, -0.2) is 0 Å². The van der Waals surface area contributed by atoms with Crippen LogP contribution in [0.1, 0.15) is 13.3 Å². The first-order valence-electron chi connectivity index (χ1n) is 5.02. The number of hydrogen-bond acceptors (Lipinski definition) is 6. The molecule has 1 aliphatic carbocycles.